The van der Waals surface area contributed by atoms with E-state index in [4.69, 9.17) is 9.47 Å². The first kappa shape index (κ1) is 14.2. The molecule has 0 aromatic carbocycles. The zero-order valence-electron chi connectivity index (χ0n) is 8.47. The maximum Gasteiger partial charge on any atom is 0.490 e. The van der Waals surface area contributed by atoms with Crippen molar-refractivity contribution in [1.82, 2.24) is 0 Å². The van der Waals surface area contributed by atoms with Gasteiger partial charge in [-0.15, -0.1) is 0 Å². The van der Waals surface area contributed by atoms with E-state index < -0.39 is 25.0 Å². The summed E-state index contributed by atoms with van der Waals surface area (Å²) in [6.07, 6.45) is -5.94. The molecule has 7 heteroatoms. The normalized spacial score (nSPS) is 11.9. The lowest BCUT2D eigenvalue weighted by Gasteiger charge is -2.17. The fraction of sp³-hybridized carbons (Fsp3) is 0.875. The van der Waals surface area contributed by atoms with Crippen LogP contribution >= 0.6 is 0 Å². The second-order valence-electron chi connectivity index (χ2n) is 2.44. The molecule has 0 rings (SSSR count). The Bertz CT molecular complexity index is 187. The van der Waals surface area contributed by atoms with Crippen LogP contribution in [-0.2, 0) is 19.0 Å². The minimum absolute atomic E-state index is 0.258. The molecular formula is C8H13F3O4. The molecular weight excluding hydrogens is 217 g/mol. The molecule has 0 aromatic heterocycles. The van der Waals surface area contributed by atoms with Crippen LogP contribution in [0.25, 0.3) is 0 Å². The predicted molar refractivity (Wildman–Crippen MR) is 44.1 cm³/mol. The first-order valence-electron chi connectivity index (χ1n) is 4.39. The number of hydrogen-bond acceptors (Lipinski definition) is 4. The SMILES string of the molecule is CCOC(COC(=O)C(F)(F)F)OCC. The van der Waals surface area contributed by atoms with Gasteiger partial charge in [0.2, 0.25) is 0 Å². The molecule has 0 amide bonds. The third kappa shape index (κ3) is 6.29. The van der Waals surface area contributed by atoms with Gasteiger partial charge in [-0.05, 0) is 13.8 Å². The van der Waals surface area contributed by atoms with E-state index in [0.717, 1.165) is 0 Å². The average molecular weight is 230 g/mol. The van der Waals surface area contributed by atoms with Gasteiger partial charge in [0.25, 0.3) is 0 Å². The zero-order valence-corrected chi connectivity index (χ0v) is 8.47. The molecule has 90 valence electrons. The third-order valence-corrected chi connectivity index (χ3v) is 1.29. The number of rotatable bonds is 6. The molecule has 0 saturated carbocycles. The molecule has 0 aromatic rings. The Labute approximate surface area is 85.3 Å². The second kappa shape index (κ2) is 6.62. The van der Waals surface area contributed by atoms with Gasteiger partial charge in [-0.1, -0.05) is 0 Å². The highest BCUT2D eigenvalue weighted by Crippen LogP contribution is 2.16. The van der Waals surface area contributed by atoms with Crippen molar-refractivity contribution in [3.05, 3.63) is 0 Å². The van der Waals surface area contributed by atoms with Crippen molar-refractivity contribution in [3.63, 3.8) is 0 Å². The summed E-state index contributed by atoms with van der Waals surface area (Å²) in [7, 11) is 0. The zero-order chi connectivity index (χ0) is 11.9. The van der Waals surface area contributed by atoms with Crippen molar-refractivity contribution >= 4 is 5.97 Å². The molecule has 0 heterocycles. The molecule has 0 aliphatic rings. The van der Waals surface area contributed by atoms with Crippen molar-refractivity contribution in [2.45, 2.75) is 26.3 Å². The molecule has 0 aliphatic carbocycles. The maximum atomic E-state index is 11.7. The summed E-state index contributed by atoms with van der Waals surface area (Å²) in [4.78, 5) is 10.3. The highest BCUT2D eigenvalue weighted by atomic mass is 19.4. The number of carbonyl (C=O) groups excluding carboxylic acids is 1. The fourth-order valence-electron chi connectivity index (χ4n) is 0.742. The Kier molecular flexibility index (Phi) is 6.26. The van der Waals surface area contributed by atoms with Crippen LogP contribution in [0, 0.1) is 0 Å². The van der Waals surface area contributed by atoms with Crippen LogP contribution in [0.2, 0.25) is 0 Å². The summed E-state index contributed by atoms with van der Waals surface area (Å²) in [6, 6.07) is 0. The molecule has 15 heavy (non-hydrogen) atoms. The van der Waals surface area contributed by atoms with Gasteiger partial charge in [0.1, 0.15) is 6.61 Å². The van der Waals surface area contributed by atoms with Crippen LogP contribution in [-0.4, -0.2) is 38.3 Å². The van der Waals surface area contributed by atoms with Crippen LogP contribution in [0.5, 0.6) is 0 Å². The summed E-state index contributed by atoms with van der Waals surface area (Å²) in [5.74, 6) is -2.24. The van der Waals surface area contributed by atoms with E-state index >= 15 is 0 Å². The van der Waals surface area contributed by atoms with E-state index in [1.54, 1.807) is 13.8 Å². The number of hydrogen-bond donors (Lipinski definition) is 0. The largest absolute Gasteiger partial charge is 0.490 e. The molecule has 0 atom stereocenters. The van der Waals surface area contributed by atoms with Gasteiger partial charge in [-0.25, -0.2) is 4.79 Å². The number of halogens is 3. The number of alkyl halides is 3. The lowest BCUT2D eigenvalue weighted by molar-refractivity contribution is -0.215. The van der Waals surface area contributed by atoms with E-state index in [0.29, 0.717) is 0 Å². The topological polar surface area (TPSA) is 44.8 Å². The van der Waals surface area contributed by atoms with Crippen LogP contribution in [0.4, 0.5) is 13.2 Å². The van der Waals surface area contributed by atoms with Crippen molar-refractivity contribution in [1.29, 1.82) is 0 Å². The molecule has 0 aliphatic heterocycles. The van der Waals surface area contributed by atoms with Gasteiger partial charge in [0.15, 0.2) is 6.29 Å². The predicted octanol–water partition coefficient (Wildman–Crippen LogP) is 1.49. The minimum atomic E-state index is -4.98. The Hall–Kier alpha value is -0.820. The molecule has 4 nitrogen and oxygen atoms in total. The molecule has 0 saturated heterocycles. The lowest BCUT2D eigenvalue weighted by atomic mass is 10.6. The van der Waals surface area contributed by atoms with Crippen LogP contribution in [0.3, 0.4) is 0 Å². The molecule has 0 fully saturated rings. The summed E-state index contributed by atoms with van der Waals surface area (Å²) < 4.78 is 48.9. The van der Waals surface area contributed by atoms with Gasteiger partial charge >= 0.3 is 12.1 Å². The average Bonchev–Trinajstić information content (AvgIpc) is 2.12. The first-order chi connectivity index (χ1) is 6.91. The van der Waals surface area contributed by atoms with Crippen molar-refractivity contribution in [2.24, 2.45) is 0 Å². The molecule has 0 unspecified atom stereocenters. The van der Waals surface area contributed by atoms with Gasteiger partial charge in [0, 0.05) is 13.2 Å². The molecule has 0 bridgehead atoms. The summed E-state index contributed by atoms with van der Waals surface area (Å²) in [5.41, 5.74) is 0. The maximum absolute atomic E-state index is 11.7. The molecule has 0 radical (unpaired) electrons. The standard InChI is InChI=1S/C8H13F3O4/c1-3-13-6(14-4-2)5-15-7(12)8(9,10)11/h6H,3-5H2,1-2H3. The van der Waals surface area contributed by atoms with E-state index in [9.17, 15) is 18.0 Å². The Morgan fingerprint density at radius 2 is 1.67 bits per heavy atom. The summed E-state index contributed by atoms with van der Waals surface area (Å²) in [5, 5.41) is 0. The first-order valence-corrected chi connectivity index (χ1v) is 4.39. The van der Waals surface area contributed by atoms with Crippen molar-refractivity contribution < 1.29 is 32.2 Å². The Morgan fingerprint density at radius 1 is 1.20 bits per heavy atom. The molecule has 0 spiro atoms. The number of ether oxygens (including phenoxy) is 3. The summed E-state index contributed by atoms with van der Waals surface area (Å²) >= 11 is 0. The van der Waals surface area contributed by atoms with Crippen LogP contribution in [0.1, 0.15) is 13.8 Å². The van der Waals surface area contributed by atoms with Gasteiger partial charge in [-0.2, -0.15) is 13.2 Å². The van der Waals surface area contributed by atoms with E-state index in [1.165, 1.54) is 0 Å². The minimum Gasteiger partial charge on any atom is -0.454 e. The van der Waals surface area contributed by atoms with E-state index in [1.807, 2.05) is 0 Å². The van der Waals surface area contributed by atoms with E-state index in [2.05, 4.69) is 4.74 Å². The lowest BCUT2D eigenvalue weighted by Crippen LogP contribution is -2.31. The number of esters is 1. The van der Waals surface area contributed by atoms with Crippen molar-refractivity contribution in [3.8, 4) is 0 Å². The van der Waals surface area contributed by atoms with Gasteiger partial charge in [0.05, 0.1) is 0 Å². The fourth-order valence-corrected chi connectivity index (χ4v) is 0.742. The second-order valence-corrected chi connectivity index (χ2v) is 2.44. The van der Waals surface area contributed by atoms with Gasteiger partial charge in [-0.3, -0.25) is 0 Å². The number of carbonyl (C=O) groups is 1. The van der Waals surface area contributed by atoms with E-state index in [-0.39, 0.29) is 13.2 Å². The Morgan fingerprint density at radius 3 is 2.00 bits per heavy atom. The Balaban J connectivity index is 3.93. The highest BCUT2D eigenvalue weighted by Gasteiger charge is 2.41. The highest BCUT2D eigenvalue weighted by molar-refractivity contribution is 5.75. The van der Waals surface area contributed by atoms with Gasteiger partial charge < -0.3 is 14.2 Å². The summed E-state index contributed by atoms with van der Waals surface area (Å²) in [6.45, 7) is 3.25. The third-order valence-electron chi connectivity index (χ3n) is 1.29. The smallest absolute Gasteiger partial charge is 0.454 e. The quantitative estimate of drug-likeness (QED) is 0.512. The van der Waals surface area contributed by atoms with Crippen LogP contribution < -0.4 is 0 Å². The van der Waals surface area contributed by atoms with Crippen LogP contribution in [0.15, 0.2) is 0 Å². The molecule has 0 N–H and O–H groups in total. The monoisotopic (exact) mass is 230 g/mol. The van der Waals surface area contributed by atoms with Crippen molar-refractivity contribution in [2.75, 3.05) is 19.8 Å².